The summed E-state index contributed by atoms with van der Waals surface area (Å²) in [5, 5.41) is 0. The average molecular weight is 301 g/mol. The van der Waals surface area contributed by atoms with Crippen LogP contribution in [0, 0.1) is 0 Å². The summed E-state index contributed by atoms with van der Waals surface area (Å²) < 4.78 is 28.3. The third-order valence-corrected chi connectivity index (χ3v) is 3.93. The van der Waals surface area contributed by atoms with E-state index in [4.69, 9.17) is 4.74 Å². The largest absolute Gasteiger partial charge is 0.464 e. The Labute approximate surface area is 116 Å². The highest BCUT2D eigenvalue weighted by atomic mass is 32.2. The van der Waals surface area contributed by atoms with Crippen molar-refractivity contribution in [2.75, 3.05) is 32.5 Å². The monoisotopic (exact) mass is 301 g/mol. The van der Waals surface area contributed by atoms with Crippen molar-refractivity contribution in [1.29, 1.82) is 0 Å². The first-order chi connectivity index (χ1) is 9.30. The van der Waals surface area contributed by atoms with Gasteiger partial charge in [-0.15, -0.1) is 0 Å². The fraction of sp³-hybridized carbons (Fsp3) is 0.545. The van der Waals surface area contributed by atoms with Gasteiger partial charge in [0.15, 0.2) is 15.7 Å². The fourth-order valence-corrected chi connectivity index (χ4v) is 2.79. The molecule has 0 bridgehead atoms. The lowest BCUT2D eigenvalue weighted by atomic mass is 10.4. The van der Waals surface area contributed by atoms with Gasteiger partial charge in [-0.05, 0) is 0 Å². The van der Waals surface area contributed by atoms with Gasteiger partial charge in [0, 0.05) is 25.9 Å². The number of sulfone groups is 1. The van der Waals surface area contributed by atoms with Crippen molar-refractivity contribution in [3.63, 3.8) is 0 Å². The summed E-state index contributed by atoms with van der Waals surface area (Å²) in [6, 6.07) is -0.360. The summed E-state index contributed by atoms with van der Waals surface area (Å²) in [5.41, 5.74) is 0. The third-order valence-electron chi connectivity index (χ3n) is 2.85. The second-order valence-corrected chi connectivity index (χ2v) is 6.42. The molecule has 110 valence electrons. The predicted octanol–water partition coefficient (Wildman–Crippen LogP) is -0.415. The van der Waals surface area contributed by atoms with Crippen LogP contribution in [0.5, 0.6) is 0 Å². The maximum absolute atomic E-state index is 12.1. The van der Waals surface area contributed by atoms with Crippen LogP contribution in [-0.4, -0.2) is 68.6 Å². The van der Waals surface area contributed by atoms with Gasteiger partial charge in [0.2, 0.25) is 0 Å². The Balaban J connectivity index is 2.25. The number of nitrogens with zero attached hydrogens (tertiary/aromatic N) is 3. The molecule has 0 aromatic rings. The molecule has 20 heavy (non-hydrogen) atoms. The number of aliphatic imine (C=N–C) groups is 1. The number of hydrogen-bond acceptors (Lipinski definition) is 6. The van der Waals surface area contributed by atoms with Crippen LogP contribution < -0.4 is 0 Å². The van der Waals surface area contributed by atoms with E-state index >= 15 is 0 Å². The predicted molar refractivity (Wildman–Crippen MR) is 70.7 cm³/mol. The highest BCUT2D eigenvalue weighted by Gasteiger charge is 2.37. The van der Waals surface area contributed by atoms with Gasteiger partial charge >= 0.3 is 12.0 Å². The minimum absolute atomic E-state index is 0.00886. The van der Waals surface area contributed by atoms with Gasteiger partial charge in [-0.1, -0.05) is 0 Å². The van der Waals surface area contributed by atoms with Gasteiger partial charge in [0.1, 0.15) is 11.5 Å². The zero-order valence-corrected chi connectivity index (χ0v) is 12.0. The molecule has 0 aromatic carbocycles. The zero-order valence-electron chi connectivity index (χ0n) is 11.2. The first-order valence-corrected chi connectivity index (χ1v) is 7.88. The summed E-state index contributed by atoms with van der Waals surface area (Å²) in [4.78, 5) is 29.5. The second kappa shape index (κ2) is 5.23. The highest BCUT2D eigenvalue weighted by Crippen LogP contribution is 2.22. The molecule has 0 aliphatic carbocycles. The van der Waals surface area contributed by atoms with Gasteiger partial charge in [0.25, 0.3) is 0 Å². The van der Waals surface area contributed by atoms with Crippen LogP contribution in [0.1, 0.15) is 6.92 Å². The minimum Gasteiger partial charge on any atom is -0.464 e. The second-order valence-electron chi connectivity index (χ2n) is 4.44. The van der Waals surface area contributed by atoms with Crippen molar-refractivity contribution in [2.24, 2.45) is 4.99 Å². The number of urea groups is 1. The van der Waals surface area contributed by atoms with Crippen molar-refractivity contribution in [2.45, 2.75) is 6.92 Å². The first-order valence-electron chi connectivity index (χ1n) is 5.99. The quantitative estimate of drug-likeness (QED) is 0.657. The van der Waals surface area contributed by atoms with Crippen molar-refractivity contribution in [3.8, 4) is 0 Å². The topological polar surface area (TPSA) is 96.3 Å². The number of rotatable bonds is 4. The van der Waals surface area contributed by atoms with E-state index in [-0.39, 0.29) is 29.9 Å². The van der Waals surface area contributed by atoms with Crippen LogP contribution in [0.15, 0.2) is 16.1 Å². The lowest BCUT2D eigenvalue weighted by Crippen LogP contribution is -2.49. The van der Waals surface area contributed by atoms with E-state index in [2.05, 4.69) is 4.99 Å². The standard InChI is InChI=1S/C11H15N3O5S/c1-8(15)19-6-5-13-7-9(20(2,17)18)10-12-3-4-14(10)11(13)16/h7H,3-6H2,1-2H3. The Bertz CT molecular complexity index is 608. The normalized spacial score (nSPS) is 18.6. The minimum atomic E-state index is -3.49. The number of hydrogen-bond donors (Lipinski definition) is 0. The number of ether oxygens (including phenoxy) is 1. The Hall–Kier alpha value is -1.90. The summed E-state index contributed by atoms with van der Waals surface area (Å²) in [5.74, 6) is -0.258. The highest BCUT2D eigenvalue weighted by molar-refractivity contribution is 7.95. The summed E-state index contributed by atoms with van der Waals surface area (Å²) in [6.07, 6.45) is 2.32. The molecule has 2 heterocycles. The number of amides is 2. The molecule has 0 saturated carbocycles. The molecule has 0 fully saturated rings. The molecular weight excluding hydrogens is 286 g/mol. The molecule has 0 N–H and O–H groups in total. The molecule has 2 amide bonds. The van der Waals surface area contributed by atoms with Crippen LogP contribution in [0.25, 0.3) is 0 Å². The molecule has 2 aliphatic rings. The molecule has 0 saturated heterocycles. The number of carbonyl (C=O) groups is 2. The van der Waals surface area contributed by atoms with E-state index in [0.717, 1.165) is 6.26 Å². The smallest absolute Gasteiger partial charge is 0.329 e. The molecule has 0 aromatic heterocycles. The summed E-state index contributed by atoms with van der Waals surface area (Å²) in [7, 11) is -3.49. The molecule has 0 radical (unpaired) electrons. The average Bonchev–Trinajstić information content (AvgIpc) is 2.79. The molecule has 8 nitrogen and oxygen atoms in total. The van der Waals surface area contributed by atoms with E-state index < -0.39 is 15.8 Å². The van der Waals surface area contributed by atoms with Gasteiger partial charge in [-0.25, -0.2) is 13.2 Å². The molecule has 0 spiro atoms. The third kappa shape index (κ3) is 2.82. The Morgan fingerprint density at radius 3 is 2.80 bits per heavy atom. The lowest BCUT2D eigenvalue weighted by Gasteiger charge is -2.31. The van der Waals surface area contributed by atoms with Gasteiger partial charge in [0.05, 0.1) is 13.1 Å². The fourth-order valence-electron chi connectivity index (χ4n) is 1.96. The van der Waals surface area contributed by atoms with Crippen LogP contribution in [-0.2, 0) is 19.4 Å². The van der Waals surface area contributed by atoms with Gasteiger partial charge < -0.3 is 4.74 Å². The number of amidine groups is 1. The zero-order chi connectivity index (χ0) is 14.9. The van der Waals surface area contributed by atoms with E-state index in [9.17, 15) is 18.0 Å². The Morgan fingerprint density at radius 2 is 2.20 bits per heavy atom. The number of esters is 1. The molecular formula is C11H15N3O5S. The maximum Gasteiger partial charge on any atom is 0.329 e. The summed E-state index contributed by atoms with van der Waals surface area (Å²) in [6.45, 7) is 2.11. The van der Waals surface area contributed by atoms with Crippen LogP contribution in [0.3, 0.4) is 0 Å². The number of fused-ring (bicyclic) bond motifs is 1. The Kier molecular flexibility index (Phi) is 3.80. The van der Waals surface area contributed by atoms with Crippen LogP contribution in [0.4, 0.5) is 4.79 Å². The van der Waals surface area contributed by atoms with Crippen molar-refractivity contribution in [3.05, 3.63) is 11.1 Å². The van der Waals surface area contributed by atoms with Gasteiger partial charge in [-0.3, -0.25) is 19.6 Å². The van der Waals surface area contributed by atoms with E-state index in [0.29, 0.717) is 13.1 Å². The summed E-state index contributed by atoms with van der Waals surface area (Å²) >= 11 is 0. The molecule has 9 heteroatoms. The maximum atomic E-state index is 12.1. The van der Waals surface area contributed by atoms with Crippen molar-refractivity contribution in [1.82, 2.24) is 9.80 Å². The van der Waals surface area contributed by atoms with Crippen LogP contribution >= 0.6 is 0 Å². The molecule has 2 rings (SSSR count). The lowest BCUT2D eigenvalue weighted by molar-refractivity contribution is -0.141. The van der Waals surface area contributed by atoms with E-state index in [1.165, 1.54) is 22.9 Å². The molecule has 0 unspecified atom stereocenters. The van der Waals surface area contributed by atoms with Crippen molar-refractivity contribution >= 4 is 27.7 Å². The Morgan fingerprint density at radius 1 is 1.50 bits per heavy atom. The van der Waals surface area contributed by atoms with E-state index in [1.54, 1.807) is 0 Å². The van der Waals surface area contributed by atoms with Crippen LogP contribution in [0.2, 0.25) is 0 Å². The van der Waals surface area contributed by atoms with Gasteiger partial charge in [-0.2, -0.15) is 0 Å². The van der Waals surface area contributed by atoms with E-state index in [1.807, 2.05) is 0 Å². The number of carbonyl (C=O) groups excluding carboxylic acids is 2. The molecule has 2 aliphatic heterocycles. The molecule has 0 atom stereocenters. The first kappa shape index (κ1) is 14.5. The SMILES string of the molecule is CC(=O)OCCN1C=C(S(C)(=O)=O)C2=NCCN2C1=O. The van der Waals surface area contributed by atoms with Crippen molar-refractivity contribution < 1.29 is 22.7 Å².